The van der Waals surface area contributed by atoms with Crippen LogP contribution in [0.25, 0.3) is 0 Å². The Hall–Kier alpha value is -1.70. The Balaban J connectivity index is 4.51. The third kappa shape index (κ3) is 3.46. The molecule has 0 unspecified atom stereocenters. The summed E-state index contributed by atoms with van der Waals surface area (Å²) < 4.78 is 0. The fourth-order valence-electron chi connectivity index (χ4n) is 0.298. The van der Waals surface area contributed by atoms with Gasteiger partial charge in [-0.2, -0.15) is 5.10 Å². The first-order valence-corrected chi connectivity index (χ1v) is 2.95. The molecule has 0 rings (SSSR count). The second-order valence-corrected chi connectivity index (χ2v) is 1.99. The molecule has 0 saturated heterocycles. The highest BCUT2D eigenvalue weighted by atomic mass is 32.1. The van der Waals surface area contributed by atoms with Crippen molar-refractivity contribution in [2.45, 2.75) is 0 Å². The van der Waals surface area contributed by atoms with Crippen molar-refractivity contribution in [3.63, 3.8) is 0 Å². The standard InChI is InChI=1S/C4H5N3O4S/c5-4(12)7-6-1(2(8)9)3(10)11/h(H,8,9)(H,10,11)(H3,5,7,12). The van der Waals surface area contributed by atoms with Gasteiger partial charge in [0, 0.05) is 0 Å². The molecular weight excluding hydrogens is 186 g/mol. The predicted octanol–water partition coefficient (Wildman–Crippen LogP) is -1.66. The van der Waals surface area contributed by atoms with Gasteiger partial charge in [-0.3, -0.25) is 5.43 Å². The molecule has 0 aliphatic carbocycles. The van der Waals surface area contributed by atoms with Gasteiger partial charge in [-0.15, -0.1) is 0 Å². The summed E-state index contributed by atoms with van der Waals surface area (Å²) in [6.45, 7) is 0. The Kier molecular flexibility index (Phi) is 3.63. The topological polar surface area (TPSA) is 125 Å². The highest BCUT2D eigenvalue weighted by Gasteiger charge is 2.18. The van der Waals surface area contributed by atoms with Gasteiger partial charge in [-0.25, -0.2) is 9.59 Å². The fraction of sp³-hybridized carbons (Fsp3) is 0. The van der Waals surface area contributed by atoms with Crippen LogP contribution in [0.2, 0.25) is 0 Å². The lowest BCUT2D eigenvalue weighted by molar-refractivity contribution is -0.134. The van der Waals surface area contributed by atoms with Crippen LogP contribution in [-0.2, 0) is 9.59 Å². The van der Waals surface area contributed by atoms with E-state index in [9.17, 15) is 9.59 Å². The first-order chi connectivity index (χ1) is 5.45. The third-order valence-corrected chi connectivity index (χ3v) is 0.774. The van der Waals surface area contributed by atoms with Crippen molar-refractivity contribution in [3.05, 3.63) is 0 Å². The number of hydrogen-bond acceptors (Lipinski definition) is 4. The minimum absolute atomic E-state index is 0.310. The molecule has 0 saturated carbocycles. The Morgan fingerprint density at radius 3 is 2.00 bits per heavy atom. The van der Waals surface area contributed by atoms with Gasteiger partial charge in [0.05, 0.1) is 0 Å². The molecule has 0 fully saturated rings. The van der Waals surface area contributed by atoms with E-state index >= 15 is 0 Å². The highest BCUT2D eigenvalue weighted by molar-refractivity contribution is 7.80. The molecule has 8 heteroatoms. The van der Waals surface area contributed by atoms with Gasteiger partial charge in [0.25, 0.3) is 5.71 Å². The number of carboxylic acids is 2. The van der Waals surface area contributed by atoms with E-state index in [1.807, 2.05) is 5.43 Å². The summed E-state index contributed by atoms with van der Waals surface area (Å²) in [7, 11) is 0. The summed E-state index contributed by atoms with van der Waals surface area (Å²) in [5.74, 6) is -3.35. The van der Waals surface area contributed by atoms with Crippen molar-refractivity contribution in [2.24, 2.45) is 10.8 Å². The smallest absolute Gasteiger partial charge is 0.364 e. The Labute approximate surface area is 71.9 Å². The lowest BCUT2D eigenvalue weighted by Gasteiger charge is -1.95. The van der Waals surface area contributed by atoms with Crippen molar-refractivity contribution in [1.82, 2.24) is 5.43 Å². The van der Waals surface area contributed by atoms with E-state index in [2.05, 4.69) is 17.3 Å². The molecule has 0 aromatic heterocycles. The van der Waals surface area contributed by atoms with Crippen LogP contribution in [-0.4, -0.2) is 33.0 Å². The van der Waals surface area contributed by atoms with Crippen LogP contribution in [0.4, 0.5) is 0 Å². The summed E-state index contributed by atoms with van der Waals surface area (Å²) in [5.41, 5.74) is 5.63. The number of thiocarbonyl (C=S) groups is 1. The van der Waals surface area contributed by atoms with Crippen molar-refractivity contribution in [1.29, 1.82) is 0 Å². The minimum atomic E-state index is -1.67. The zero-order chi connectivity index (χ0) is 9.72. The number of aliphatic carboxylic acids is 2. The van der Waals surface area contributed by atoms with Crippen LogP contribution in [0.15, 0.2) is 5.10 Å². The van der Waals surface area contributed by atoms with Crippen LogP contribution < -0.4 is 11.2 Å². The first-order valence-electron chi connectivity index (χ1n) is 2.55. The lowest BCUT2D eigenvalue weighted by atomic mass is 10.4. The van der Waals surface area contributed by atoms with Crippen LogP contribution in [0, 0.1) is 0 Å². The second-order valence-electron chi connectivity index (χ2n) is 1.55. The zero-order valence-corrected chi connectivity index (χ0v) is 6.46. The van der Waals surface area contributed by atoms with Crippen LogP contribution in [0.1, 0.15) is 0 Å². The SMILES string of the molecule is NC(=S)NN=C(C(=O)O)C(=O)O. The molecule has 0 amide bonds. The van der Waals surface area contributed by atoms with E-state index in [0.29, 0.717) is 0 Å². The molecule has 0 atom stereocenters. The molecule has 0 heterocycles. The van der Waals surface area contributed by atoms with Crippen molar-refractivity contribution >= 4 is 35.0 Å². The zero-order valence-electron chi connectivity index (χ0n) is 5.64. The molecule has 0 spiro atoms. The maximum absolute atomic E-state index is 10.1. The van der Waals surface area contributed by atoms with E-state index in [4.69, 9.17) is 15.9 Å². The van der Waals surface area contributed by atoms with Gasteiger partial charge in [0.2, 0.25) is 0 Å². The molecule has 0 bridgehead atoms. The maximum Gasteiger partial charge on any atom is 0.364 e. The van der Waals surface area contributed by atoms with Gasteiger partial charge in [0.15, 0.2) is 5.11 Å². The van der Waals surface area contributed by atoms with Gasteiger partial charge in [-0.05, 0) is 12.2 Å². The Morgan fingerprint density at radius 2 is 1.75 bits per heavy atom. The maximum atomic E-state index is 10.1. The lowest BCUT2D eigenvalue weighted by Crippen LogP contribution is -2.31. The largest absolute Gasteiger partial charge is 0.476 e. The molecule has 0 aromatic carbocycles. The summed E-state index contributed by atoms with van der Waals surface area (Å²) in [4.78, 5) is 20.2. The van der Waals surface area contributed by atoms with Gasteiger partial charge < -0.3 is 15.9 Å². The average molecular weight is 191 g/mol. The normalized spacial score (nSPS) is 8.33. The molecule has 66 valence electrons. The van der Waals surface area contributed by atoms with Crippen LogP contribution in [0.3, 0.4) is 0 Å². The number of carboxylic acid groups (broad SMARTS) is 2. The quantitative estimate of drug-likeness (QED) is 0.182. The van der Waals surface area contributed by atoms with Crippen LogP contribution >= 0.6 is 12.2 Å². The van der Waals surface area contributed by atoms with E-state index in [-0.39, 0.29) is 5.11 Å². The molecule has 0 radical (unpaired) electrons. The number of hydrogen-bond donors (Lipinski definition) is 4. The number of hydrazone groups is 1. The van der Waals surface area contributed by atoms with Gasteiger partial charge in [-0.1, -0.05) is 0 Å². The summed E-state index contributed by atoms with van der Waals surface area (Å²) >= 11 is 4.26. The highest BCUT2D eigenvalue weighted by Crippen LogP contribution is 1.77. The fourth-order valence-corrected chi connectivity index (χ4v) is 0.344. The molecule has 0 aliphatic rings. The predicted molar refractivity (Wildman–Crippen MR) is 42.6 cm³/mol. The summed E-state index contributed by atoms with van der Waals surface area (Å²) in [6, 6.07) is 0. The minimum Gasteiger partial charge on any atom is -0.476 e. The molecule has 0 aromatic rings. The molecule has 7 nitrogen and oxygen atoms in total. The number of rotatable bonds is 3. The summed E-state index contributed by atoms with van der Waals surface area (Å²) in [6.07, 6.45) is 0. The monoisotopic (exact) mass is 191 g/mol. The van der Waals surface area contributed by atoms with Crippen molar-refractivity contribution in [2.75, 3.05) is 0 Å². The molecule has 5 N–H and O–H groups in total. The van der Waals surface area contributed by atoms with E-state index in [1.54, 1.807) is 0 Å². The Bertz CT molecular complexity index is 245. The summed E-state index contributed by atoms with van der Waals surface area (Å²) in [5, 5.41) is 19.1. The van der Waals surface area contributed by atoms with Crippen molar-refractivity contribution < 1.29 is 19.8 Å². The molecule has 0 aliphatic heterocycles. The first kappa shape index (κ1) is 10.3. The van der Waals surface area contributed by atoms with E-state index in [0.717, 1.165) is 0 Å². The molecular formula is C4H5N3O4S. The second kappa shape index (κ2) is 4.23. The van der Waals surface area contributed by atoms with Crippen LogP contribution in [0.5, 0.6) is 0 Å². The van der Waals surface area contributed by atoms with E-state index < -0.39 is 17.7 Å². The average Bonchev–Trinajstić information content (AvgIpc) is 1.84. The molecule has 12 heavy (non-hydrogen) atoms. The van der Waals surface area contributed by atoms with Gasteiger partial charge in [0.1, 0.15) is 0 Å². The number of carbonyl (C=O) groups is 2. The number of nitrogens with two attached hydrogens (primary N) is 1. The van der Waals surface area contributed by atoms with E-state index in [1.165, 1.54) is 0 Å². The van der Waals surface area contributed by atoms with Crippen molar-refractivity contribution in [3.8, 4) is 0 Å². The third-order valence-electron chi connectivity index (χ3n) is 0.683. The number of nitrogens with one attached hydrogen (secondary N) is 1. The Morgan fingerprint density at radius 1 is 1.33 bits per heavy atom. The van der Waals surface area contributed by atoms with Gasteiger partial charge >= 0.3 is 11.9 Å². The number of nitrogens with zero attached hydrogens (tertiary/aromatic N) is 1.